The number of nitrogens with two attached hydrogens (primary N) is 1. The number of hydrogen-bond donors (Lipinski definition) is 2. The van der Waals surface area contributed by atoms with E-state index in [4.69, 9.17) is 15.2 Å². The third-order valence-electron chi connectivity index (χ3n) is 4.23. The molecule has 3 unspecified atom stereocenters. The zero-order chi connectivity index (χ0) is 14.7. The topological polar surface area (TPSA) is 73.6 Å². The molecule has 1 aromatic carbocycles. The highest BCUT2D eigenvalue weighted by Gasteiger charge is 2.29. The van der Waals surface area contributed by atoms with Crippen LogP contribution in [0.4, 0.5) is 0 Å². The Labute approximate surface area is 124 Å². The Morgan fingerprint density at radius 1 is 1.24 bits per heavy atom. The molecular weight excluding hydrogens is 268 g/mol. The first kappa shape index (κ1) is 14.2. The van der Waals surface area contributed by atoms with Gasteiger partial charge in [0, 0.05) is 6.04 Å². The molecule has 1 aliphatic heterocycles. The second kappa shape index (κ2) is 6.35. The van der Waals surface area contributed by atoms with Gasteiger partial charge in [0.05, 0.1) is 12.5 Å². The van der Waals surface area contributed by atoms with Crippen molar-refractivity contribution in [3.63, 3.8) is 0 Å². The maximum atomic E-state index is 12.2. The smallest absolute Gasteiger partial charge is 0.224 e. The molecule has 1 heterocycles. The normalized spacial score (nSPS) is 28.0. The van der Waals surface area contributed by atoms with Crippen molar-refractivity contribution in [1.82, 2.24) is 5.32 Å². The number of nitrogens with one attached hydrogen (secondary N) is 1. The SMILES string of the molecule is NC1CCCCC1C(=O)NCC1COc2ccccc2O1. The molecular formula is C16H22N2O3. The van der Waals surface area contributed by atoms with Gasteiger partial charge < -0.3 is 20.5 Å². The lowest BCUT2D eigenvalue weighted by atomic mass is 9.84. The van der Waals surface area contributed by atoms with Gasteiger partial charge in [-0.15, -0.1) is 0 Å². The van der Waals surface area contributed by atoms with E-state index >= 15 is 0 Å². The fourth-order valence-corrected chi connectivity index (χ4v) is 2.99. The van der Waals surface area contributed by atoms with E-state index in [1.54, 1.807) is 0 Å². The summed E-state index contributed by atoms with van der Waals surface area (Å²) in [6, 6.07) is 7.56. The van der Waals surface area contributed by atoms with Crippen LogP contribution in [0.1, 0.15) is 25.7 Å². The lowest BCUT2D eigenvalue weighted by Gasteiger charge is -2.29. The molecule has 21 heavy (non-hydrogen) atoms. The summed E-state index contributed by atoms with van der Waals surface area (Å²) in [5, 5.41) is 2.96. The van der Waals surface area contributed by atoms with E-state index in [-0.39, 0.29) is 24.0 Å². The van der Waals surface area contributed by atoms with Crippen molar-refractivity contribution in [2.45, 2.75) is 37.8 Å². The number of benzene rings is 1. The van der Waals surface area contributed by atoms with Crippen molar-refractivity contribution in [2.75, 3.05) is 13.2 Å². The van der Waals surface area contributed by atoms with E-state index in [0.717, 1.165) is 37.2 Å². The summed E-state index contributed by atoms with van der Waals surface area (Å²) in [5.41, 5.74) is 6.04. The first-order chi connectivity index (χ1) is 10.2. The molecule has 3 rings (SSSR count). The third-order valence-corrected chi connectivity index (χ3v) is 4.23. The Kier molecular flexibility index (Phi) is 4.29. The molecule has 3 N–H and O–H groups in total. The highest BCUT2D eigenvalue weighted by molar-refractivity contribution is 5.79. The molecule has 0 aromatic heterocycles. The first-order valence-electron chi connectivity index (χ1n) is 7.66. The van der Waals surface area contributed by atoms with Gasteiger partial charge in [0.1, 0.15) is 12.7 Å². The Balaban J connectivity index is 1.51. The Morgan fingerprint density at radius 2 is 2.00 bits per heavy atom. The standard InChI is InChI=1S/C16H22N2O3/c17-13-6-2-1-5-12(13)16(19)18-9-11-10-20-14-7-3-4-8-15(14)21-11/h3-4,7-8,11-13H,1-2,5-6,9-10,17H2,(H,18,19). The molecule has 0 bridgehead atoms. The molecule has 114 valence electrons. The third kappa shape index (κ3) is 3.29. The lowest BCUT2D eigenvalue weighted by molar-refractivity contribution is -0.126. The van der Waals surface area contributed by atoms with Crippen LogP contribution in [-0.4, -0.2) is 31.2 Å². The number of ether oxygens (including phenoxy) is 2. The second-order valence-electron chi connectivity index (χ2n) is 5.80. The quantitative estimate of drug-likeness (QED) is 0.884. The van der Waals surface area contributed by atoms with E-state index in [1.165, 1.54) is 0 Å². The van der Waals surface area contributed by atoms with Crippen LogP contribution in [-0.2, 0) is 4.79 Å². The van der Waals surface area contributed by atoms with Crippen LogP contribution >= 0.6 is 0 Å². The maximum absolute atomic E-state index is 12.2. The lowest BCUT2D eigenvalue weighted by Crippen LogP contribution is -2.47. The number of para-hydroxylation sites is 2. The molecule has 5 heteroatoms. The summed E-state index contributed by atoms with van der Waals surface area (Å²) in [4.78, 5) is 12.2. The van der Waals surface area contributed by atoms with Gasteiger partial charge in [0.15, 0.2) is 11.5 Å². The number of fused-ring (bicyclic) bond motifs is 1. The molecule has 0 saturated heterocycles. The summed E-state index contributed by atoms with van der Waals surface area (Å²) in [5.74, 6) is 1.48. The summed E-state index contributed by atoms with van der Waals surface area (Å²) in [6.45, 7) is 0.907. The van der Waals surface area contributed by atoms with Crippen LogP contribution in [0.5, 0.6) is 11.5 Å². The highest BCUT2D eigenvalue weighted by Crippen LogP contribution is 2.30. The zero-order valence-corrected chi connectivity index (χ0v) is 12.1. The van der Waals surface area contributed by atoms with Crippen molar-refractivity contribution in [2.24, 2.45) is 11.7 Å². The van der Waals surface area contributed by atoms with Crippen molar-refractivity contribution in [3.05, 3.63) is 24.3 Å². The van der Waals surface area contributed by atoms with Crippen LogP contribution in [0.3, 0.4) is 0 Å². The number of amides is 1. The summed E-state index contributed by atoms with van der Waals surface area (Å²) >= 11 is 0. The van der Waals surface area contributed by atoms with Crippen LogP contribution in [0, 0.1) is 5.92 Å². The van der Waals surface area contributed by atoms with Crippen LogP contribution in [0.2, 0.25) is 0 Å². The second-order valence-corrected chi connectivity index (χ2v) is 5.80. The Morgan fingerprint density at radius 3 is 2.81 bits per heavy atom. The molecule has 2 aliphatic rings. The fraction of sp³-hybridized carbons (Fsp3) is 0.562. The van der Waals surface area contributed by atoms with Gasteiger partial charge in [-0.1, -0.05) is 25.0 Å². The molecule has 5 nitrogen and oxygen atoms in total. The van der Waals surface area contributed by atoms with E-state index < -0.39 is 0 Å². The van der Waals surface area contributed by atoms with Crippen molar-refractivity contribution < 1.29 is 14.3 Å². The molecule has 1 aromatic rings. The van der Waals surface area contributed by atoms with Gasteiger partial charge >= 0.3 is 0 Å². The molecule has 1 fully saturated rings. The summed E-state index contributed by atoms with van der Waals surface area (Å²) in [7, 11) is 0. The minimum Gasteiger partial charge on any atom is -0.486 e. The average Bonchev–Trinajstić information content (AvgIpc) is 2.53. The number of hydrogen-bond acceptors (Lipinski definition) is 4. The minimum absolute atomic E-state index is 0.0111. The largest absolute Gasteiger partial charge is 0.486 e. The maximum Gasteiger partial charge on any atom is 0.224 e. The molecule has 1 saturated carbocycles. The molecule has 1 aliphatic carbocycles. The van der Waals surface area contributed by atoms with E-state index in [0.29, 0.717) is 13.2 Å². The predicted octanol–water partition coefficient (Wildman–Crippen LogP) is 1.46. The molecule has 1 amide bonds. The van der Waals surface area contributed by atoms with E-state index in [1.807, 2.05) is 24.3 Å². The molecule has 0 spiro atoms. The number of carbonyl (C=O) groups is 1. The van der Waals surface area contributed by atoms with Gasteiger partial charge in [0.25, 0.3) is 0 Å². The van der Waals surface area contributed by atoms with Gasteiger partial charge in [-0.05, 0) is 25.0 Å². The van der Waals surface area contributed by atoms with Crippen LogP contribution < -0.4 is 20.5 Å². The summed E-state index contributed by atoms with van der Waals surface area (Å²) in [6.07, 6.45) is 3.89. The molecule has 0 radical (unpaired) electrons. The van der Waals surface area contributed by atoms with Gasteiger partial charge in [-0.2, -0.15) is 0 Å². The summed E-state index contributed by atoms with van der Waals surface area (Å²) < 4.78 is 11.5. The molecule has 3 atom stereocenters. The van der Waals surface area contributed by atoms with Crippen LogP contribution in [0.15, 0.2) is 24.3 Å². The minimum atomic E-state index is -0.149. The van der Waals surface area contributed by atoms with Crippen molar-refractivity contribution in [1.29, 1.82) is 0 Å². The predicted molar refractivity (Wildman–Crippen MR) is 79.3 cm³/mol. The highest BCUT2D eigenvalue weighted by atomic mass is 16.6. The Hall–Kier alpha value is -1.75. The van der Waals surface area contributed by atoms with Gasteiger partial charge in [0.2, 0.25) is 5.91 Å². The van der Waals surface area contributed by atoms with Crippen molar-refractivity contribution >= 4 is 5.91 Å². The fourth-order valence-electron chi connectivity index (χ4n) is 2.99. The first-order valence-corrected chi connectivity index (χ1v) is 7.66. The monoisotopic (exact) mass is 290 g/mol. The van der Waals surface area contributed by atoms with Crippen LogP contribution in [0.25, 0.3) is 0 Å². The average molecular weight is 290 g/mol. The number of carbonyl (C=O) groups excluding carboxylic acids is 1. The van der Waals surface area contributed by atoms with Gasteiger partial charge in [-0.3, -0.25) is 4.79 Å². The van der Waals surface area contributed by atoms with E-state index in [2.05, 4.69) is 5.32 Å². The number of rotatable bonds is 3. The zero-order valence-electron chi connectivity index (χ0n) is 12.1. The van der Waals surface area contributed by atoms with Crippen molar-refractivity contribution in [3.8, 4) is 11.5 Å². The van der Waals surface area contributed by atoms with Gasteiger partial charge in [-0.25, -0.2) is 0 Å². The Bertz CT molecular complexity index is 506. The van der Waals surface area contributed by atoms with E-state index in [9.17, 15) is 4.79 Å².